The molecule has 5 aromatic rings. The van der Waals surface area contributed by atoms with Crippen LogP contribution in [0, 0.1) is 0 Å². The van der Waals surface area contributed by atoms with Crippen LogP contribution in [0.1, 0.15) is 31.3 Å². The number of ether oxygens (including phenoxy) is 3. The minimum absolute atomic E-state index is 0.0731. The lowest BCUT2D eigenvalue weighted by Gasteiger charge is -2.20. The summed E-state index contributed by atoms with van der Waals surface area (Å²) in [6.07, 6.45) is 0.000357. The summed E-state index contributed by atoms with van der Waals surface area (Å²) in [5.41, 5.74) is 0.486. The van der Waals surface area contributed by atoms with Crippen molar-refractivity contribution in [3.63, 3.8) is 0 Å². The summed E-state index contributed by atoms with van der Waals surface area (Å²) in [4.78, 5) is 17.3. The molecule has 12 nitrogen and oxygen atoms in total. The van der Waals surface area contributed by atoms with Crippen molar-refractivity contribution in [1.82, 2.24) is 24.9 Å². The van der Waals surface area contributed by atoms with Crippen LogP contribution >= 0.6 is 0 Å². The average Bonchev–Trinajstić information content (AvgIpc) is 3.54. The fourth-order valence-corrected chi connectivity index (χ4v) is 4.00. The molecule has 12 heteroatoms. The summed E-state index contributed by atoms with van der Waals surface area (Å²) in [6.45, 7) is 3.62. The number of methoxy groups -OCH3 is 2. The van der Waals surface area contributed by atoms with Crippen molar-refractivity contribution >= 4 is 11.0 Å². The number of nitrogens with zero attached hydrogens (tertiary/aromatic N) is 5. The van der Waals surface area contributed by atoms with Gasteiger partial charge in [-0.3, -0.25) is 9.36 Å². The normalized spacial score (nSPS) is 11.4. The van der Waals surface area contributed by atoms with Crippen molar-refractivity contribution < 1.29 is 28.3 Å². The molecule has 0 radical (unpaired) electrons. The van der Waals surface area contributed by atoms with Crippen molar-refractivity contribution in [2.75, 3.05) is 14.2 Å². The number of aromatic nitrogens is 5. The van der Waals surface area contributed by atoms with Gasteiger partial charge in [0.25, 0.3) is 11.4 Å². The Morgan fingerprint density at radius 3 is 2.47 bits per heavy atom. The Labute approximate surface area is 216 Å². The molecule has 0 amide bonds. The third kappa shape index (κ3) is 4.57. The van der Waals surface area contributed by atoms with Crippen molar-refractivity contribution in [3.05, 3.63) is 70.2 Å². The van der Waals surface area contributed by atoms with Gasteiger partial charge in [0.05, 0.1) is 26.7 Å². The first-order valence-corrected chi connectivity index (χ1v) is 11.7. The number of fused-ring (bicyclic) bond motifs is 1. The average molecular weight is 520 g/mol. The van der Waals surface area contributed by atoms with Crippen molar-refractivity contribution in [2.24, 2.45) is 0 Å². The van der Waals surface area contributed by atoms with Crippen LogP contribution in [-0.4, -0.2) is 50.3 Å². The molecule has 0 saturated carbocycles. The Kier molecular flexibility index (Phi) is 6.79. The highest BCUT2D eigenvalue weighted by atomic mass is 16.5. The predicted octanol–water partition coefficient (Wildman–Crippen LogP) is 3.66. The second-order valence-electron chi connectivity index (χ2n) is 8.54. The van der Waals surface area contributed by atoms with Gasteiger partial charge < -0.3 is 28.3 Å². The predicted molar refractivity (Wildman–Crippen MR) is 135 cm³/mol. The van der Waals surface area contributed by atoms with E-state index in [1.165, 1.54) is 18.8 Å². The molecule has 0 spiro atoms. The van der Waals surface area contributed by atoms with Gasteiger partial charge in [-0.1, -0.05) is 23.4 Å². The molecular formula is C26H25N5O7. The van der Waals surface area contributed by atoms with Crippen LogP contribution in [0.25, 0.3) is 28.1 Å². The van der Waals surface area contributed by atoms with E-state index in [2.05, 4.69) is 20.3 Å². The van der Waals surface area contributed by atoms with E-state index < -0.39 is 11.4 Å². The van der Waals surface area contributed by atoms with E-state index in [1.807, 2.05) is 32.0 Å². The minimum Gasteiger partial charge on any atom is -0.494 e. The zero-order valence-electron chi connectivity index (χ0n) is 21.2. The van der Waals surface area contributed by atoms with E-state index in [9.17, 15) is 9.90 Å². The largest absolute Gasteiger partial charge is 0.494 e. The highest BCUT2D eigenvalue weighted by Gasteiger charge is 2.27. The van der Waals surface area contributed by atoms with Crippen LogP contribution in [-0.2, 0) is 17.8 Å². The van der Waals surface area contributed by atoms with Gasteiger partial charge in [0.2, 0.25) is 11.8 Å². The highest BCUT2D eigenvalue weighted by Crippen LogP contribution is 2.38. The van der Waals surface area contributed by atoms with Gasteiger partial charge in [0.1, 0.15) is 35.3 Å². The van der Waals surface area contributed by atoms with Crippen LogP contribution in [0.15, 0.2) is 56.2 Å². The molecule has 0 aliphatic heterocycles. The number of para-hydroxylation sites is 2. The third-order valence-corrected chi connectivity index (χ3v) is 5.76. The molecule has 0 saturated heterocycles. The summed E-state index contributed by atoms with van der Waals surface area (Å²) in [5, 5.41) is 24.4. The molecular weight excluding hydrogens is 494 g/mol. The van der Waals surface area contributed by atoms with Gasteiger partial charge in [0, 0.05) is 5.39 Å². The standard InChI is InChI=1S/C26H25N5O7/c1-14(2)36-13-20-27-24(32)22(26(33)31(20)23-18(34-3)10-7-11-19(23)35-4)25-29-28-21(37-25)12-16-15-8-5-6-9-17(15)38-30-16/h5-11,14,33H,12-13H2,1-4H3. The number of rotatable bonds is 9. The number of hydrogen-bond acceptors (Lipinski definition) is 11. The Balaban J connectivity index is 1.63. The molecule has 2 aromatic carbocycles. The SMILES string of the molecule is COc1cccc(OC)c1-n1c(COC(C)C)nc(=O)c(-c2nnc(Cc3noc4ccccc34)o2)c1O. The van der Waals surface area contributed by atoms with Crippen LogP contribution < -0.4 is 15.0 Å². The number of hydrogen-bond donors (Lipinski definition) is 1. The summed E-state index contributed by atoms with van der Waals surface area (Å²) in [5.74, 6) is 0.337. The molecule has 1 N–H and O–H groups in total. The van der Waals surface area contributed by atoms with E-state index in [1.54, 1.807) is 24.3 Å². The fraction of sp³-hybridized carbons (Fsp3) is 0.269. The van der Waals surface area contributed by atoms with E-state index in [0.717, 1.165) is 5.39 Å². The first-order valence-electron chi connectivity index (χ1n) is 11.7. The van der Waals surface area contributed by atoms with Gasteiger partial charge in [-0.2, -0.15) is 4.98 Å². The van der Waals surface area contributed by atoms with Crippen LogP contribution in [0.4, 0.5) is 0 Å². The van der Waals surface area contributed by atoms with E-state index >= 15 is 0 Å². The van der Waals surface area contributed by atoms with E-state index in [-0.39, 0.29) is 42.3 Å². The summed E-state index contributed by atoms with van der Waals surface area (Å²) >= 11 is 0. The summed E-state index contributed by atoms with van der Waals surface area (Å²) < 4.78 is 29.2. The zero-order valence-corrected chi connectivity index (χ0v) is 21.2. The Morgan fingerprint density at radius 1 is 1.03 bits per heavy atom. The number of benzene rings is 2. The lowest BCUT2D eigenvalue weighted by Crippen LogP contribution is -2.22. The Hall–Kier alpha value is -4.71. The van der Waals surface area contributed by atoms with E-state index in [0.29, 0.717) is 28.5 Å². The van der Waals surface area contributed by atoms with Gasteiger partial charge in [-0.25, -0.2) is 0 Å². The molecule has 0 bridgehead atoms. The van der Waals surface area contributed by atoms with Crippen LogP contribution in [0.3, 0.4) is 0 Å². The monoisotopic (exact) mass is 519 g/mol. The van der Waals surface area contributed by atoms with Gasteiger partial charge in [0.15, 0.2) is 11.1 Å². The quantitative estimate of drug-likeness (QED) is 0.304. The molecule has 3 heterocycles. The summed E-state index contributed by atoms with van der Waals surface area (Å²) in [6, 6.07) is 12.5. The zero-order chi connectivity index (χ0) is 26.8. The smallest absolute Gasteiger partial charge is 0.289 e. The molecule has 3 aromatic heterocycles. The maximum Gasteiger partial charge on any atom is 0.289 e. The first kappa shape index (κ1) is 25.0. The lowest BCUT2D eigenvalue weighted by atomic mass is 10.2. The molecule has 5 rings (SSSR count). The topological polar surface area (TPSA) is 148 Å². The molecule has 0 aliphatic rings. The minimum atomic E-state index is -0.767. The second kappa shape index (κ2) is 10.3. The molecule has 0 fully saturated rings. The first-order chi connectivity index (χ1) is 18.4. The summed E-state index contributed by atoms with van der Waals surface area (Å²) in [7, 11) is 2.96. The molecule has 38 heavy (non-hydrogen) atoms. The van der Waals surface area contributed by atoms with Gasteiger partial charge in [-0.05, 0) is 38.1 Å². The Morgan fingerprint density at radius 2 is 1.76 bits per heavy atom. The molecule has 0 unspecified atom stereocenters. The van der Waals surface area contributed by atoms with Gasteiger partial charge >= 0.3 is 0 Å². The fourth-order valence-electron chi connectivity index (χ4n) is 4.00. The van der Waals surface area contributed by atoms with Crippen molar-refractivity contribution in [3.8, 4) is 34.5 Å². The molecule has 0 atom stereocenters. The molecule has 196 valence electrons. The van der Waals surface area contributed by atoms with Crippen molar-refractivity contribution in [1.29, 1.82) is 0 Å². The Bertz CT molecular complexity index is 1630. The second-order valence-corrected chi connectivity index (χ2v) is 8.54. The number of aromatic hydroxyl groups is 1. The molecule has 0 aliphatic carbocycles. The van der Waals surface area contributed by atoms with Crippen molar-refractivity contribution in [2.45, 2.75) is 33.0 Å². The van der Waals surface area contributed by atoms with Gasteiger partial charge in [-0.15, -0.1) is 10.2 Å². The lowest BCUT2D eigenvalue weighted by molar-refractivity contribution is 0.0594. The van der Waals surface area contributed by atoms with Crippen LogP contribution in [0.2, 0.25) is 0 Å². The maximum absolute atomic E-state index is 13.1. The maximum atomic E-state index is 13.1. The highest BCUT2D eigenvalue weighted by molar-refractivity contribution is 5.79. The van der Waals surface area contributed by atoms with Crippen LogP contribution in [0.5, 0.6) is 17.4 Å². The van der Waals surface area contributed by atoms with E-state index in [4.69, 9.17) is 23.2 Å². The third-order valence-electron chi connectivity index (χ3n) is 5.76.